The molecule has 0 atom stereocenters. The molecule has 0 aromatic heterocycles. The van der Waals surface area contributed by atoms with Crippen LogP contribution >= 0.6 is 0 Å². The van der Waals surface area contributed by atoms with Gasteiger partial charge in [-0.1, -0.05) is 24.6 Å². The highest BCUT2D eigenvalue weighted by Gasteiger charge is 2.19. The van der Waals surface area contributed by atoms with Gasteiger partial charge in [0, 0.05) is 0 Å². The van der Waals surface area contributed by atoms with Crippen LogP contribution in [-0.4, -0.2) is 5.97 Å². The van der Waals surface area contributed by atoms with Gasteiger partial charge in [0.05, 0.1) is 5.56 Å². The lowest BCUT2D eigenvalue weighted by Gasteiger charge is -2.20. The fourth-order valence-electron chi connectivity index (χ4n) is 1.81. The summed E-state index contributed by atoms with van der Waals surface area (Å²) in [6, 6.07) is 9.16. The van der Waals surface area contributed by atoms with Gasteiger partial charge in [-0.2, -0.15) is 0 Å². The molecule has 1 saturated carbocycles. The van der Waals surface area contributed by atoms with Gasteiger partial charge in [0.15, 0.2) is 6.10 Å². The Morgan fingerprint density at radius 1 is 1.00 bits per heavy atom. The summed E-state index contributed by atoms with van der Waals surface area (Å²) in [5, 5.41) is 0. The van der Waals surface area contributed by atoms with Gasteiger partial charge >= 0.3 is 5.97 Å². The fourth-order valence-corrected chi connectivity index (χ4v) is 1.81. The molecule has 0 unspecified atom stereocenters. The summed E-state index contributed by atoms with van der Waals surface area (Å²) in [6.45, 7) is 0. The molecule has 2 heteroatoms. The van der Waals surface area contributed by atoms with Gasteiger partial charge in [0.25, 0.3) is 0 Å². The summed E-state index contributed by atoms with van der Waals surface area (Å²) >= 11 is 0. The van der Waals surface area contributed by atoms with E-state index in [1.807, 2.05) is 18.2 Å². The Balaban J connectivity index is 1.91. The van der Waals surface area contributed by atoms with Crippen LogP contribution in [0.3, 0.4) is 0 Å². The number of ether oxygens (including phenoxy) is 1. The minimum atomic E-state index is -0.215. The van der Waals surface area contributed by atoms with Crippen LogP contribution in [0.4, 0.5) is 0 Å². The quantitative estimate of drug-likeness (QED) is 0.689. The van der Waals surface area contributed by atoms with Crippen LogP contribution in [0.2, 0.25) is 0 Å². The Hall–Kier alpha value is -1.31. The molecule has 0 heterocycles. The summed E-state index contributed by atoms with van der Waals surface area (Å²) in [7, 11) is 0. The van der Waals surface area contributed by atoms with Gasteiger partial charge in [-0.15, -0.1) is 0 Å². The van der Waals surface area contributed by atoms with E-state index in [0.29, 0.717) is 5.56 Å². The van der Waals surface area contributed by atoms with Crippen molar-refractivity contribution >= 4 is 5.97 Å². The fraction of sp³-hybridized carbons (Fsp3) is 0.385. The third kappa shape index (κ3) is 2.82. The number of hydrogen-bond acceptors (Lipinski definition) is 2. The second-order valence-electron chi connectivity index (χ2n) is 3.85. The normalized spacial score (nSPS) is 17.3. The van der Waals surface area contributed by atoms with Crippen molar-refractivity contribution in [2.75, 3.05) is 0 Å². The van der Waals surface area contributed by atoms with Crippen molar-refractivity contribution in [2.24, 2.45) is 0 Å². The average molecular weight is 203 g/mol. The molecule has 79 valence electrons. The van der Waals surface area contributed by atoms with Crippen molar-refractivity contribution < 1.29 is 9.53 Å². The summed E-state index contributed by atoms with van der Waals surface area (Å²) < 4.78 is 5.36. The molecule has 1 aliphatic rings. The van der Waals surface area contributed by atoms with Crippen molar-refractivity contribution in [3.05, 3.63) is 42.0 Å². The van der Waals surface area contributed by atoms with Gasteiger partial charge in [0.1, 0.15) is 0 Å². The monoisotopic (exact) mass is 203 g/mol. The molecule has 1 aromatic rings. The molecule has 0 bridgehead atoms. The summed E-state index contributed by atoms with van der Waals surface area (Å²) in [5.74, 6) is -0.215. The first-order chi connectivity index (χ1) is 7.36. The SMILES string of the molecule is O=C(O[C]1CCCCC1)c1ccccc1. The Bertz CT molecular complexity index is 313. The van der Waals surface area contributed by atoms with Crippen LogP contribution in [0.15, 0.2) is 30.3 Å². The lowest BCUT2D eigenvalue weighted by Crippen LogP contribution is -2.13. The molecule has 2 nitrogen and oxygen atoms in total. The third-order valence-corrected chi connectivity index (χ3v) is 2.66. The number of carbonyl (C=O) groups is 1. The van der Waals surface area contributed by atoms with Crippen LogP contribution in [0, 0.1) is 6.10 Å². The van der Waals surface area contributed by atoms with Crippen LogP contribution in [0.25, 0.3) is 0 Å². The lowest BCUT2D eigenvalue weighted by atomic mass is 9.98. The van der Waals surface area contributed by atoms with E-state index in [1.165, 1.54) is 6.42 Å². The standard InChI is InChI=1S/C13H15O2/c14-13(11-7-3-1-4-8-11)15-12-9-5-2-6-10-12/h1,3-4,7-8H,2,5-6,9-10H2. The number of benzene rings is 1. The number of esters is 1. The summed E-state index contributed by atoms with van der Waals surface area (Å²) in [4.78, 5) is 11.7. The van der Waals surface area contributed by atoms with E-state index in [4.69, 9.17) is 4.74 Å². The lowest BCUT2D eigenvalue weighted by molar-refractivity contribution is 0.0475. The molecule has 0 N–H and O–H groups in total. The topological polar surface area (TPSA) is 26.3 Å². The first kappa shape index (κ1) is 10.2. The number of hydrogen-bond donors (Lipinski definition) is 0. The highest BCUT2D eigenvalue weighted by atomic mass is 16.5. The summed E-state index contributed by atoms with van der Waals surface area (Å²) in [5.41, 5.74) is 0.635. The predicted octanol–water partition coefficient (Wildman–Crippen LogP) is 3.34. The van der Waals surface area contributed by atoms with E-state index >= 15 is 0 Å². The molecule has 0 aliphatic heterocycles. The zero-order chi connectivity index (χ0) is 10.5. The van der Waals surface area contributed by atoms with E-state index < -0.39 is 0 Å². The molecule has 2 rings (SSSR count). The first-order valence-electron chi connectivity index (χ1n) is 5.48. The van der Waals surface area contributed by atoms with Crippen LogP contribution in [0.1, 0.15) is 42.5 Å². The second kappa shape index (κ2) is 4.96. The Morgan fingerprint density at radius 3 is 2.33 bits per heavy atom. The second-order valence-corrected chi connectivity index (χ2v) is 3.85. The molecule has 15 heavy (non-hydrogen) atoms. The molecule has 1 aromatic carbocycles. The van der Waals surface area contributed by atoms with Gasteiger partial charge in [0.2, 0.25) is 0 Å². The minimum absolute atomic E-state index is 0.215. The smallest absolute Gasteiger partial charge is 0.338 e. The molecule has 0 amide bonds. The minimum Gasteiger partial charge on any atom is -0.451 e. The van der Waals surface area contributed by atoms with Gasteiger partial charge < -0.3 is 4.74 Å². The number of rotatable bonds is 2. The average Bonchev–Trinajstić information content (AvgIpc) is 2.31. The predicted molar refractivity (Wildman–Crippen MR) is 58.2 cm³/mol. The Kier molecular flexibility index (Phi) is 3.38. The van der Waals surface area contributed by atoms with Crippen molar-refractivity contribution in [3.63, 3.8) is 0 Å². The van der Waals surface area contributed by atoms with Crippen LogP contribution in [-0.2, 0) is 4.74 Å². The molecule has 1 radical (unpaired) electrons. The molecule has 1 fully saturated rings. The van der Waals surface area contributed by atoms with E-state index in [9.17, 15) is 4.79 Å². The Morgan fingerprint density at radius 2 is 1.67 bits per heavy atom. The zero-order valence-electron chi connectivity index (χ0n) is 8.74. The molecular formula is C13H15O2. The van der Waals surface area contributed by atoms with Crippen molar-refractivity contribution in [2.45, 2.75) is 32.1 Å². The maximum Gasteiger partial charge on any atom is 0.338 e. The van der Waals surface area contributed by atoms with E-state index in [-0.39, 0.29) is 5.97 Å². The molecule has 1 aliphatic carbocycles. The van der Waals surface area contributed by atoms with Crippen molar-refractivity contribution in [3.8, 4) is 0 Å². The van der Waals surface area contributed by atoms with E-state index in [0.717, 1.165) is 31.8 Å². The van der Waals surface area contributed by atoms with Crippen LogP contribution < -0.4 is 0 Å². The first-order valence-corrected chi connectivity index (χ1v) is 5.48. The van der Waals surface area contributed by atoms with Gasteiger partial charge in [-0.3, -0.25) is 0 Å². The molecule has 0 spiro atoms. The Labute approximate surface area is 90.3 Å². The summed E-state index contributed by atoms with van der Waals surface area (Å²) in [6.07, 6.45) is 6.40. The third-order valence-electron chi connectivity index (χ3n) is 2.66. The van der Waals surface area contributed by atoms with E-state index in [1.54, 1.807) is 12.1 Å². The molecule has 0 saturated heterocycles. The maximum atomic E-state index is 11.7. The highest BCUT2D eigenvalue weighted by molar-refractivity contribution is 5.89. The maximum absolute atomic E-state index is 11.7. The van der Waals surface area contributed by atoms with Crippen molar-refractivity contribution in [1.82, 2.24) is 0 Å². The molecular weight excluding hydrogens is 188 g/mol. The van der Waals surface area contributed by atoms with Gasteiger partial charge in [-0.25, -0.2) is 4.79 Å². The van der Waals surface area contributed by atoms with Crippen molar-refractivity contribution in [1.29, 1.82) is 0 Å². The number of carbonyl (C=O) groups excluding carboxylic acids is 1. The zero-order valence-corrected chi connectivity index (χ0v) is 8.74. The largest absolute Gasteiger partial charge is 0.451 e. The van der Waals surface area contributed by atoms with E-state index in [2.05, 4.69) is 0 Å². The van der Waals surface area contributed by atoms with Crippen LogP contribution in [0.5, 0.6) is 0 Å². The van der Waals surface area contributed by atoms with Gasteiger partial charge in [-0.05, 0) is 37.8 Å². The highest BCUT2D eigenvalue weighted by Crippen LogP contribution is 2.27.